The third-order valence-corrected chi connectivity index (χ3v) is 5.27. The first-order chi connectivity index (χ1) is 14.5. The third-order valence-electron chi connectivity index (χ3n) is 5.04. The number of anilines is 1. The molecule has 5 aromatic rings. The Hall–Kier alpha value is -3.57. The van der Waals surface area contributed by atoms with E-state index in [0.29, 0.717) is 22.2 Å². The molecule has 2 heterocycles. The number of halogens is 1. The Balaban J connectivity index is 1.39. The van der Waals surface area contributed by atoms with Crippen LogP contribution >= 0.6 is 11.6 Å². The minimum absolute atomic E-state index is 0.269. The van der Waals surface area contributed by atoms with Gasteiger partial charge in [0.15, 0.2) is 11.3 Å². The van der Waals surface area contributed by atoms with Gasteiger partial charge in [0, 0.05) is 27.2 Å². The van der Waals surface area contributed by atoms with Crippen LogP contribution in [0.4, 0.5) is 5.69 Å². The summed E-state index contributed by atoms with van der Waals surface area (Å²) in [5.41, 5.74) is 5.55. The number of amides is 1. The van der Waals surface area contributed by atoms with Gasteiger partial charge in [-0.3, -0.25) is 4.79 Å². The maximum atomic E-state index is 12.7. The minimum Gasteiger partial charge on any atom is -0.451 e. The number of furan rings is 1. The van der Waals surface area contributed by atoms with Gasteiger partial charge in [0.25, 0.3) is 5.91 Å². The molecule has 0 radical (unpaired) electrons. The number of carbonyl (C=O) groups excluding carboxylic acids is 1. The van der Waals surface area contributed by atoms with Crippen LogP contribution in [0.2, 0.25) is 5.02 Å². The fraction of sp³-hybridized carbons (Fsp3) is 0.0833. The summed E-state index contributed by atoms with van der Waals surface area (Å²) in [7, 11) is 0. The third kappa shape index (κ3) is 3.23. The summed E-state index contributed by atoms with van der Waals surface area (Å²) < 4.78 is 11.6. The zero-order valence-corrected chi connectivity index (χ0v) is 17.1. The number of oxazole rings is 1. The summed E-state index contributed by atoms with van der Waals surface area (Å²) in [5, 5.41) is 4.30. The second-order valence-corrected chi connectivity index (χ2v) is 7.65. The molecule has 0 atom stereocenters. The van der Waals surface area contributed by atoms with E-state index in [1.54, 1.807) is 18.2 Å². The van der Waals surface area contributed by atoms with Gasteiger partial charge in [-0.15, -0.1) is 0 Å². The molecule has 0 unspecified atom stereocenters. The number of carbonyl (C=O) groups is 1. The lowest BCUT2D eigenvalue weighted by atomic mass is 10.1. The molecule has 0 saturated carbocycles. The van der Waals surface area contributed by atoms with Crippen molar-refractivity contribution in [2.24, 2.45) is 0 Å². The zero-order chi connectivity index (χ0) is 20.8. The zero-order valence-electron chi connectivity index (χ0n) is 16.3. The fourth-order valence-electron chi connectivity index (χ4n) is 3.45. The smallest absolute Gasteiger partial charge is 0.291 e. The molecule has 5 rings (SSSR count). The van der Waals surface area contributed by atoms with Gasteiger partial charge >= 0.3 is 0 Å². The Kier molecular flexibility index (Phi) is 4.33. The largest absolute Gasteiger partial charge is 0.451 e. The molecule has 0 aliphatic rings. The Morgan fingerprint density at radius 1 is 0.933 bits per heavy atom. The van der Waals surface area contributed by atoms with Crippen molar-refractivity contribution in [1.29, 1.82) is 0 Å². The first-order valence-corrected chi connectivity index (χ1v) is 9.83. The van der Waals surface area contributed by atoms with E-state index in [0.717, 1.165) is 33.2 Å². The second kappa shape index (κ2) is 7.04. The van der Waals surface area contributed by atoms with E-state index in [2.05, 4.69) is 10.3 Å². The Morgan fingerprint density at radius 3 is 2.50 bits per heavy atom. The molecule has 5 nitrogen and oxygen atoms in total. The molecule has 1 amide bonds. The van der Waals surface area contributed by atoms with Crippen LogP contribution < -0.4 is 5.32 Å². The van der Waals surface area contributed by atoms with Gasteiger partial charge in [-0.05, 0) is 74.0 Å². The van der Waals surface area contributed by atoms with Crippen molar-refractivity contribution in [1.82, 2.24) is 4.98 Å². The van der Waals surface area contributed by atoms with Gasteiger partial charge < -0.3 is 14.2 Å². The van der Waals surface area contributed by atoms with Gasteiger partial charge in [0.1, 0.15) is 11.1 Å². The number of hydrogen-bond donors (Lipinski definition) is 1. The van der Waals surface area contributed by atoms with Crippen LogP contribution in [-0.4, -0.2) is 10.9 Å². The summed E-state index contributed by atoms with van der Waals surface area (Å²) in [5.74, 6) is 0.494. The number of aryl methyl sites for hydroxylation is 2. The molecule has 0 saturated heterocycles. The molecule has 6 heteroatoms. The van der Waals surface area contributed by atoms with Crippen LogP contribution in [0.3, 0.4) is 0 Å². The van der Waals surface area contributed by atoms with E-state index < -0.39 is 0 Å². The van der Waals surface area contributed by atoms with Crippen LogP contribution in [0.5, 0.6) is 0 Å². The molecule has 0 fully saturated rings. The van der Waals surface area contributed by atoms with Crippen molar-refractivity contribution in [3.63, 3.8) is 0 Å². The highest BCUT2D eigenvalue weighted by Gasteiger charge is 2.18. The molecule has 148 valence electrons. The number of nitrogens with zero attached hydrogens (tertiary/aromatic N) is 1. The second-order valence-electron chi connectivity index (χ2n) is 7.22. The molecule has 2 aromatic heterocycles. The molecule has 3 aromatic carbocycles. The maximum absolute atomic E-state index is 12.7. The fourth-order valence-corrected chi connectivity index (χ4v) is 3.63. The lowest BCUT2D eigenvalue weighted by Crippen LogP contribution is -2.11. The van der Waals surface area contributed by atoms with Crippen molar-refractivity contribution in [3.05, 3.63) is 82.6 Å². The van der Waals surface area contributed by atoms with E-state index in [4.69, 9.17) is 20.4 Å². The lowest BCUT2D eigenvalue weighted by Gasteiger charge is -2.04. The highest BCUT2D eigenvalue weighted by Crippen LogP contribution is 2.29. The number of fused-ring (bicyclic) bond motifs is 2. The molecule has 30 heavy (non-hydrogen) atoms. The summed E-state index contributed by atoms with van der Waals surface area (Å²) >= 11 is 6.05. The van der Waals surface area contributed by atoms with E-state index in [1.807, 2.05) is 56.3 Å². The summed E-state index contributed by atoms with van der Waals surface area (Å²) in [6.07, 6.45) is 0. The molecular weight excluding hydrogens is 400 g/mol. The van der Waals surface area contributed by atoms with Crippen molar-refractivity contribution in [2.75, 3.05) is 5.32 Å². The van der Waals surface area contributed by atoms with Gasteiger partial charge in [0.05, 0.1) is 0 Å². The number of benzene rings is 3. The average molecular weight is 417 g/mol. The van der Waals surface area contributed by atoms with Crippen LogP contribution in [0, 0.1) is 13.8 Å². The van der Waals surface area contributed by atoms with Crippen LogP contribution in [0.1, 0.15) is 21.7 Å². The number of aromatic nitrogens is 1. The van der Waals surface area contributed by atoms with E-state index in [9.17, 15) is 4.79 Å². The Morgan fingerprint density at radius 2 is 1.70 bits per heavy atom. The number of hydrogen-bond acceptors (Lipinski definition) is 4. The highest BCUT2D eigenvalue weighted by molar-refractivity contribution is 6.31. The first kappa shape index (κ1) is 18.5. The predicted molar refractivity (Wildman–Crippen MR) is 118 cm³/mol. The summed E-state index contributed by atoms with van der Waals surface area (Å²) in [6, 6.07) is 18.5. The summed E-state index contributed by atoms with van der Waals surface area (Å²) in [6.45, 7) is 3.86. The predicted octanol–water partition coefficient (Wildman–Crippen LogP) is 6.76. The number of rotatable bonds is 3. The quantitative estimate of drug-likeness (QED) is 0.352. The van der Waals surface area contributed by atoms with E-state index >= 15 is 0 Å². The molecule has 1 N–H and O–H groups in total. The first-order valence-electron chi connectivity index (χ1n) is 9.45. The van der Waals surface area contributed by atoms with Crippen molar-refractivity contribution in [3.8, 4) is 11.5 Å². The lowest BCUT2D eigenvalue weighted by molar-refractivity contribution is 0.0998. The van der Waals surface area contributed by atoms with Crippen LogP contribution in [-0.2, 0) is 0 Å². The monoisotopic (exact) mass is 416 g/mol. The van der Waals surface area contributed by atoms with E-state index in [-0.39, 0.29) is 11.7 Å². The van der Waals surface area contributed by atoms with E-state index in [1.165, 1.54) is 0 Å². The van der Waals surface area contributed by atoms with Crippen molar-refractivity contribution in [2.45, 2.75) is 13.8 Å². The molecule has 0 aliphatic heterocycles. The SMILES string of the molecule is Cc1ccc2oc(-c3ccc(NC(=O)c4oc5ccc(Cl)cc5c4C)cc3)nc2c1. The normalized spacial score (nSPS) is 11.3. The summed E-state index contributed by atoms with van der Waals surface area (Å²) in [4.78, 5) is 17.3. The van der Waals surface area contributed by atoms with Crippen LogP contribution in [0.25, 0.3) is 33.5 Å². The molecule has 0 aliphatic carbocycles. The minimum atomic E-state index is -0.315. The topological polar surface area (TPSA) is 68.3 Å². The van der Waals surface area contributed by atoms with Crippen molar-refractivity contribution < 1.29 is 13.6 Å². The maximum Gasteiger partial charge on any atom is 0.291 e. The Labute approximate surface area is 177 Å². The number of nitrogens with one attached hydrogen (secondary N) is 1. The Bertz CT molecular complexity index is 1410. The molecule has 0 spiro atoms. The highest BCUT2D eigenvalue weighted by atomic mass is 35.5. The average Bonchev–Trinajstić information content (AvgIpc) is 3.29. The molecule has 0 bridgehead atoms. The van der Waals surface area contributed by atoms with Gasteiger partial charge in [-0.25, -0.2) is 4.98 Å². The molecular formula is C24H17ClN2O3. The van der Waals surface area contributed by atoms with Gasteiger partial charge in [0.2, 0.25) is 5.89 Å². The van der Waals surface area contributed by atoms with Crippen LogP contribution in [0.15, 0.2) is 69.5 Å². The van der Waals surface area contributed by atoms with Gasteiger partial charge in [-0.1, -0.05) is 17.7 Å². The van der Waals surface area contributed by atoms with Crippen molar-refractivity contribution >= 4 is 45.3 Å². The standard InChI is InChI=1S/C24H17ClN2O3/c1-13-3-9-21-19(11-13)27-24(30-21)15-4-7-17(8-5-15)26-23(28)22-14(2)18-12-16(25)6-10-20(18)29-22/h3-12H,1-2H3,(H,26,28). The van der Waals surface area contributed by atoms with Gasteiger partial charge in [-0.2, -0.15) is 0 Å².